The van der Waals surface area contributed by atoms with Gasteiger partial charge in [-0.1, -0.05) is 23.2 Å². The molecule has 2 rings (SSSR count). The molecular weight excluding hydrogens is 245 g/mol. The largest absolute Gasteiger partial charge is 0.349 e. The highest BCUT2D eigenvalue weighted by Crippen LogP contribution is 2.21. The molecule has 0 bridgehead atoms. The van der Waals surface area contributed by atoms with Gasteiger partial charge >= 0.3 is 0 Å². The Kier molecular flexibility index (Phi) is 3.32. The van der Waals surface area contributed by atoms with Crippen molar-refractivity contribution in [1.29, 1.82) is 0 Å². The monoisotopic (exact) mass is 253 g/mol. The van der Waals surface area contributed by atoms with E-state index in [1.165, 1.54) is 0 Å². The molecule has 0 spiro atoms. The Morgan fingerprint density at radius 1 is 1.25 bits per heavy atom. The van der Waals surface area contributed by atoms with E-state index in [-0.39, 0.29) is 0 Å². The third-order valence-electron chi connectivity index (χ3n) is 2.27. The minimum absolute atomic E-state index is 0.604. The summed E-state index contributed by atoms with van der Waals surface area (Å²) >= 11 is 11.9. The van der Waals surface area contributed by atoms with Gasteiger partial charge in [-0.05, 0) is 29.8 Å². The maximum absolute atomic E-state index is 10.5. The molecule has 1 heterocycles. The zero-order chi connectivity index (χ0) is 11.5. The lowest BCUT2D eigenvalue weighted by atomic mass is 10.2. The Labute approximate surface area is 103 Å². The van der Waals surface area contributed by atoms with Gasteiger partial charge in [0.25, 0.3) is 0 Å². The normalized spacial score (nSPS) is 10.4. The number of carbonyl (C=O) groups is 1. The molecule has 0 fully saturated rings. The van der Waals surface area contributed by atoms with Crippen LogP contribution in [0.2, 0.25) is 10.0 Å². The van der Waals surface area contributed by atoms with Gasteiger partial charge in [-0.2, -0.15) is 0 Å². The van der Waals surface area contributed by atoms with E-state index < -0.39 is 0 Å². The van der Waals surface area contributed by atoms with Crippen LogP contribution in [0, 0.1) is 0 Å². The van der Waals surface area contributed by atoms with Crippen molar-refractivity contribution >= 4 is 29.5 Å². The zero-order valence-corrected chi connectivity index (χ0v) is 9.87. The summed E-state index contributed by atoms with van der Waals surface area (Å²) in [5.74, 6) is 0. The number of aromatic nitrogens is 1. The van der Waals surface area contributed by atoms with Crippen molar-refractivity contribution in [2.45, 2.75) is 6.54 Å². The molecule has 1 aromatic carbocycles. The molecule has 0 N–H and O–H groups in total. The molecule has 0 aliphatic carbocycles. The van der Waals surface area contributed by atoms with Gasteiger partial charge in [-0.15, -0.1) is 0 Å². The van der Waals surface area contributed by atoms with Crippen LogP contribution >= 0.6 is 23.2 Å². The van der Waals surface area contributed by atoms with Crippen LogP contribution in [-0.2, 0) is 6.54 Å². The maximum atomic E-state index is 10.5. The van der Waals surface area contributed by atoms with Gasteiger partial charge in [0.1, 0.15) is 0 Å². The van der Waals surface area contributed by atoms with Crippen LogP contribution in [0.3, 0.4) is 0 Å². The average Bonchev–Trinajstić information content (AvgIpc) is 2.71. The summed E-state index contributed by atoms with van der Waals surface area (Å²) in [5, 5.41) is 1.33. The summed E-state index contributed by atoms with van der Waals surface area (Å²) in [6, 6.07) is 7.10. The fourth-order valence-electron chi connectivity index (χ4n) is 1.49. The van der Waals surface area contributed by atoms with Gasteiger partial charge in [-0.3, -0.25) is 4.79 Å². The number of nitrogens with zero attached hydrogens (tertiary/aromatic N) is 1. The van der Waals surface area contributed by atoms with Crippen LogP contribution in [0.4, 0.5) is 0 Å². The third kappa shape index (κ3) is 2.46. The Morgan fingerprint density at radius 3 is 2.75 bits per heavy atom. The first-order chi connectivity index (χ1) is 7.69. The Balaban J connectivity index is 2.26. The molecule has 82 valence electrons. The number of carbonyl (C=O) groups excluding carboxylic acids is 1. The van der Waals surface area contributed by atoms with Gasteiger partial charge in [0, 0.05) is 34.5 Å². The van der Waals surface area contributed by atoms with E-state index >= 15 is 0 Å². The second kappa shape index (κ2) is 4.73. The number of hydrogen-bond acceptors (Lipinski definition) is 1. The molecular formula is C12H9Cl2NO. The summed E-state index contributed by atoms with van der Waals surface area (Å²) in [6.45, 7) is 0.604. The van der Waals surface area contributed by atoms with Gasteiger partial charge in [-0.25, -0.2) is 0 Å². The minimum Gasteiger partial charge on any atom is -0.349 e. The molecule has 16 heavy (non-hydrogen) atoms. The van der Waals surface area contributed by atoms with Crippen molar-refractivity contribution < 1.29 is 4.79 Å². The third-order valence-corrected chi connectivity index (χ3v) is 2.87. The lowest BCUT2D eigenvalue weighted by molar-refractivity contribution is 0.112. The van der Waals surface area contributed by atoms with Crippen molar-refractivity contribution in [3.8, 4) is 0 Å². The number of rotatable bonds is 3. The molecule has 4 heteroatoms. The topological polar surface area (TPSA) is 22.0 Å². The van der Waals surface area contributed by atoms with E-state index in [2.05, 4.69) is 0 Å². The molecule has 2 nitrogen and oxygen atoms in total. The quantitative estimate of drug-likeness (QED) is 0.766. The Morgan fingerprint density at radius 2 is 2.06 bits per heavy atom. The van der Waals surface area contributed by atoms with Gasteiger partial charge < -0.3 is 4.57 Å². The van der Waals surface area contributed by atoms with E-state index in [9.17, 15) is 4.79 Å². The zero-order valence-electron chi connectivity index (χ0n) is 8.36. The van der Waals surface area contributed by atoms with Gasteiger partial charge in [0.15, 0.2) is 6.29 Å². The van der Waals surface area contributed by atoms with E-state index in [1.807, 2.05) is 16.8 Å². The predicted octanol–water partition coefficient (Wildman–Crippen LogP) is 3.66. The van der Waals surface area contributed by atoms with Crippen LogP contribution in [0.5, 0.6) is 0 Å². The van der Waals surface area contributed by atoms with Gasteiger partial charge in [0.05, 0.1) is 0 Å². The summed E-state index contributed by atoms with van der Waals surface area (Å²) in [7, 11) is 0. The van der Waals surface area contributed by atoms with E-state index in [0.29, 0.717) is 22.2 Å². The highest BCUT2D eigenvalue weighted by Gasteiger charge is 2.03. The van der Waals surface area contributed by atoms with E-state index in [4.69, 9.17) is 23.2 Å². The van der Waals surface area contributed by atoms with Crippen LogP contribution < -0.4 is 0 Å². The SMILES string of the molecule is O=Cc1ccn(Cc2cc(Cl)ccc2Cl)c1. The molecule has 0 aliphatic heterocycles. The van der Waals surface area contributed by atoms with E-state index in [0.717, 1.165) is 11.8 Å². The average molecular weight is 254 g/mol. The fraction of sp³-hybridized carbons (Fsp3) is 0.0833. The van der Waals surface area contributed by atoms with Gasteiger partial charge in [0.2, 0.25) is 0 Å². The minimum atomic E-state index is 0.604. The number of halogens is 2. The lowest BCUT2D eigenvalue weighted by Gasteiger charge is -2.06. The maximum Gasteiger partial charge on any atom is 0.151 e. The summed E-state index contributed by atoms with van der Waals surface area (Å²) in [5.41, 5.74) is 1.58. The lowest BCUT2D eigenvalue weighted by Crippen LogP contribution is -1.97. The summed E-state index contributed by atoms with van der Waals surface area (Å²) in [4.78, 5) is 10.5. The molecule has 0 radical (unpaired) electrons. The second-order valence-corrected chi connectivity index (χ2v) is 4.31. The molecule has 0 saturated carbocycles. The molecule has 0 saturated heterocycles. The summed E-state index contributed by atoms with van der Waals surface area (Å²) in [6.07, 6.45) is 4.42. The predicted molar refractivity (Wildman–Crippen MR) is 65.4 cm³/mol. The standard InChI is InChI=1S/C12H9Cl2NO/c13-11-1-2-12(14)10(5-11)7-15-4-3-9(6-15)8-16/h1-6,8H,7H2. The van der Waals surface area contributed by atoms with Crippen LogP contribution in [-0.4, -0.2) is 10.9 Å². The first kappa shape index (κ1) is 11.2. The fourth-order valence-corrected chi connectivity index (χ4v) is 1.86. The first-order valence-corrected chi connectivity index (χ1v) is 5.49. The highest BCUT2D eigenvalue weighted by atomic mass is 35.5. The Hall–Kier alpha value is -1.25. The van der Waals surface area contributed by atoms with Crippen molar-refractivity contribution in [3.63, 3.8) is 0 Å². The molecule has 1 aromatic heterocycles. The van der Waals surface area contributed by atoms with Crippen molar-refractivity contribution in [3.05, 3.63) is 57.8 Å². The smallest absolute Gasteiger partial charge is 0.151 e. The Bertz CT molecular complexity index is 519. The number of benzene rings is 1. The van der Waals surface area contributed by atoms with Crippen molar-refractivity contribution in [2.24, 2.45) is 0 Å². The first-order valence-electron chi connectivity index (χ1n) is 4.74. The van der Waals surface area contributed by atoms with Crippen molar-refractivity contribution in [2.75, 3.05) is 0 Å². The summed E-state index contributed by atoms with van der Waals surface area (Å²) < 4.78 is 1.89. The van der Waals surface area contributed by atoms with Crippen molar-refractivity contribution in [1.82, 2.24) is 4.57 Å². The van der Waals surface area contributed by atoms with Crippen LogP contribution in [0.1, 0.15) is 15.9 Å². The number of aldehydes is 1. The highest BCUT2D eigenvalue weighted by molar-refractivity contribution is 6.33. The number of hydrogen-bond donors (Lipinski definition) is 0. The molecule has 0 amide bonds. The molecule has 0 aliphatic rings. The molecule has 0 atom stereocenters. The molecule has 0 unspecified atom stereocenters. The van der Waals surface area contributed by atoms with E-state index in [1.54, 1.807) is 24.4 Å². The second-order valence-electron chi connectivity index (χ2n) is 3.47. The van der Waals surface area contributed by atoms with Crippen LogP contribution in [0.25, 0.3) is 0 Å². The van der Waals surface area contributed by atoms with Crippen LogP contribution in [0.15, 0.2) is 36.7 Å². The molecule has 2 aromatic rings.